The van der Waals surface area contributed by atoms with Crippen molar-refractivity contribution in [2.75, 3.05) is 23.7 Å². The molecular weight excluding hydrogens is 295 g/mol. The fraction of sp³-hybridized carbons (Fsp3) is 0.250. The molecule has 0 aliphatic heterocycles. The van der Waals surface area contributed by atoms with Gasteiger partial charge in [-0.25, -0.2) is 4.39 Å². The van der Waals surface area contributed by atoms with Crippen molar-refractivity contribution in [3.05, 3.63) is 46.4 Å². The lowest BCUT2D eigenvalue weighted by atomic mass is 10.1. The second-order valence-corrected chi connectivity index (χ2v) is 4.87. The van der Waals surface area contributed by atoms with E-state index < -0.39 is 5.82 Å². The highest BCUT2D eigenvalue weighted by molar-refractivity contribution is 5.58. The van der Waals surface area contributed by atoms with Crippen molar-refractivity contribution in [3.63, 3.8) is 0 Å². The molecule has 0 aliphatic carbocycles. The molecule has 0 atom stereocenters. The number of nitrogens with zero attached hydrogens (tertiary/aromatic N) is 4. The van der Waals surface area contributed by atoms with Crippen LogP contribution in [0.15, 0.2) is 18.2 Å². The summed E-state index contributed by atoms with van der Waals surface area (Å²) in [5.74, 6) is -0.144. The van der Waals surface area contributed by atoms with E-state index in [1.54, 1.807) is 13.0 Å². The van der Waals surface area contributed by atoms with Crippen LogP contribution in [0.1, 0.15) is 22.4 Å². The average molecular weight is 310 g/mol. The van der Waals surface area contributed by atoms with Gasteiger partial charge < -0.3 is 10.6 Å². The number of nitriles is 2. The van der Waals surface area contributed by atoms with Crippen LogP contribution < -0.4 is 10.6 Å². The molecule has 0 fully saturated rings. The fourth-order valence-electron chi connectivity index (χ4n) is 2.03. The van der Waals surface area contributed by atoms with E-state index >= 15 is 0 Å². The van der Waals surface area contributed by atoms with E-state index in [0.717, 1.165) is 5.56 Å². The number of anilines is 2. The van der Waals surface area contributed by atoms with Gasteiger partial charge >= 0.3 is 0 Å². The van der Waals surface area contributed by atoms with E-state index in [2.05, 4.69) is 26.9 Å². The Morgan fingerprint density at radius 1 is 1.04 bits per heavy atom. The Morgan fingerprint density at radius 2 is 1.74 bits per heavy atom. The van der Waals surface area contributed by atoms with Gasteiger partial charge in [-0.05, 0) is 31.5 Å². The maximum absolute atomic E-state index is 13.5. The third kappa shape index (κ3) is 3.53. The molecule has 0 spiro atoms. The zero-order valence-electron chi connectivity index (χ0n) is 12.8. The van der Waals surface area contributed by atoms with Crippen LogP contribution in [0.5, 0.6) is 0 Å². The molecule has 0 radical (unpaired) electrons. The van der Waals surface area contributed by atoms with E-state index in [-0.39, 0.29) is 5.56 Å². The first-order valence-corrected chi connectivity index (χ1v) is 6.98. The van der Waals surface area contributed by atoms with Crippen LogP contribution in [0.3, 0.4) is 0 Å². The molecule has 2 N–H and O–H groups in total. The van der Waals surface area contributed by atoms with Gasteiger partial charge in [-0.15, -0.1) is 5.10 Å². The molecule has 116 valence electrons. The van der Waals surface area contributed by atoms with Crippen LogP contribution in [0, 0.1) is 42.3 Å². The molecule has 2 aromatic rings. The maximum Gasteiger partial charge on any atom is 0.166 e. The summed E-state index contributed by atoms with van der Waals surface area (Å²) in [6.07, 6.45) is 0. The molecule has 0 saturated heterocycles. The van der Waals surface area contributed by atoms with E-state index in [1.165, 1.54) is 12.1 Å². The molecule has 6 nitrogen and oxygen atoms in total. The summed E-state index contributed by atoms with van der Waals surface area (Å²) in [5.41, 5.74) is 2.37. The number of aromatic nitrogens is 2. The Labute approximate surface area is 133 Å². The molecule has 1 aromatic carbocycles. The van der Waals surface area contributed by atoms with Crippen molar-refractivity contribution in [2.45, 2.75) is 13.8 Å². The van der Waals surface area contributed by atoms with Gasteiger partial charge in [0.15, 0.2) is 5.82 Å². The zero-order chi connectivity index (χ0) is 16.8. The first kappa shape index (κ1) is 16.2. The minimum atomic E-state index is -0.558. The lowest BCUT2D eigenvalue weighted by Gasteiger charge is -2.11. The lowest BCUT2D eigenvalue weighted by Crippen LogP contribution is -2.17. The highest BCUT2D eigenvalue weighted by Gasteiger charge is 2.10. The molecule has 7 heteroatoms. The molecule has 0 unspecified atom stereocenters. The summed E-state index contributed by atoms with van der Waals surface area (Å²) in [7, 11) is 0. The highest BCUT2D eigenvalue weighted by atomic mass is 19.1. The molecule has 23 heavy (non-hydrogen) atoms. The summed E-state index contributed by atoms with van der Waals surface area (Å²) in [6, 6.07) is 8.36. The van der Waals surface area contributed by atoms with E-state index in [0.29, 0.717) is 35.9 Å². The number of nitrogens with one attached hydrogen (secondary N) is 2. The third-order valence-corrected chi connectivity index (χ3v) is 3.42. The minimum absolute atomic E-state index is 0.0174. The summed E-state index contributed by atoms with van der Waals surface area (Å²) < 4.78 is 13.5. The zero-order valence-corrected chi connectivity index (χ0v) is 12.8. The molecule has 0 bridgehead atoms. The second-order valence-electron chi connectivity index (χ2n) is 4.87. The fourth-order valence-corrected chi connectivity index (χ4v) is 2.03. The first-order valence-electron chi connectivity index (χ1n) is 6.98. The third-order valence-electron chi connectivity index (χ3n) is 3.42. The van der Waals surface area contributed by atoms with Crippen LogP contribution in [-0.4, -0.2) is 23.3 Å². The number of halogens is 1. The summed E-state index contributed by atoms with van der Waals surface area (Å²) in [4.78, 5) is 0. The van der Waals surface area contributed by atoms with Crippen LogP contribution >= 0.6 is 0 Å². The van der Waals surface area contributed by atoms with Crippen LogP contribution in [0.25, 0.3) is 0 Å². The van der Waals surface area contributed by atoms with E-state index in [9.17, 15) is 9.65 Å². The Morgan fingerprint density at radius 3 is 2.43 bits per heavy atom. The predicted octanol–water partition coefficient (Wildman–Crippen LogP) is 2.50. The van der Waals surface area contributed by atoms with Crippen molar-refractivity contribution >= 4 is 11.5 Å². The summed E-state index contributed by atoms with van der Waals surface area (Å²) >= 11 is 0. The van der Waals surface area contributed by atoms with Crippen LogP contribution in [0.4, 0.5) is 15.9 Å². The van der Waals surface area contributed by atoms with Gasteiger partial charge in [-0.3, -0.25) is 0 Å². The second kappa shape index (κ2) is 7.19. The normalized spacial score (nSPS) is 9.78. The number of benzene rings is 1. The number of hydrogen-bond acceptors (Lipinski definition) is 6. The van der Waals surface area contributed by atoms with Crippen molar-refractivity contribution in [2.24, 2.45) is 0 Å². The number of hydrogen-bond donors (Lipinski definition) is 2. The van der Waals surface area contributed by atoms with Gasteiger partial charge in [-0.1, -0.05) is 6.07 Å². The Balaban J connectivity index is 2.00. The van der Waals surface area contributed by atoms with Crippen LogP contribution in [0.2, 0.25) is 0 Å². The molecule has 2 rings (SSSR count). The molecular formula is C16H15FN6. The van der Waals surface area contributed by atoms with Crippen LogP contribution in [-0.2, 0) is 0 Å². The van der Waals surface area contributed by atoms with Crippen molar-refractivity contribution in [1.82, 2.24) is 10.2 Å². The molecule has 0 saturated carbocycles. The average Bonchev–Trinajstić information content (AvgIpc) is 2.55. The van der Waals surface area contributed by atoms with E-state index in [1.807, 2.05) is 13.0 Å². The molecule has 1 aromatic heterocycles. The maximum atomic E-state index is 13.5. The topological polar surface area (TPSA) is 97.4 Å². The Kier molecular flexibility index (Phi) is 5.06. The number of aryl methyl sites for hydroxylation is 1. The van der Waals surface area contributed by atoms with Crippen molar-refractivity contribution < 1.29 is 4.39 Å². The Bertz CT molecular complexity index is 803. The van der Waals surface area contributed by atoms with Crippen molar-refractivity contribution in [1.29, 1.82) is 10.5 Å². The molecule has 1 heterocycles. The minimum Gasteiger partial charge on any atom is -0.382 e. The first-order chi connectivity index (χ1) is 11.1. The van der Waals surface area contributed by atoms with E-state index in [4.69, 9.17) is 5.26 Å². The lowest BCUT2D eigenvalue weighted by molar-refractivity contribution is 0.624. The van der Waals surface area contributed by atoms with Gasteiger partial charge in [0.05, 0.1) is 11.4 Å². The monoisotopic (exact) mass is 310 g/mol. The Hall–Kier alpha value is -3.19. The quantitative estimate of drug-likeness (QED) is 0.823. The van der Waals surface area contributed by atoms with Gasteiger partial charge in [-0.2, -0.15) is 15.6 Å². The molecule has 0 aliphatic rings. The molecule has 0 amide bonds. The number of rotatable bonds is 5. The van der Waals surface area contributed by atoms with Crippen molar-refractivity contribution in [3.8, 4) is 12.1 Å². The SMILES string of the molecule is Cc1nnc(NCCNc2cccc(F)c2C#N)c(C#N)c1C. The van der Waals surface area contributed by atoms with Gasteiger partial charge in [0.1, 0.15) is 29.1 Å². The highest BCUT2D eigenvalue weighted by Crippen LogP contribution is 2.18. The summed E-state index contributed by atoms with van der Waals surface area (Å²) in [5, 5.41) is 32.1. The summed E-state index contributed by atoms with van der Waals surface area (Å²) in [6.45, 7) is 4.48. The smallest absolute Gasteiger partial charge is 0.166 e. The van der Waals surface area contributed by atoms with Gasteiger partial charge in [0.2, 0.25) is 0 Å². The predicted molar refractivity (Wildman–Crippen MR) is 84.3 cm³/mol. The largest absolute Gasteiger partial charge is 0.382 e. The van der Waals surface area contributed by atoms with Gasteiger partial charge in [0, 0.05) is 13.1 Å². The standard InChI is InChI=1S/C16H15FN6/c1-10-11(2)22-23-16(12(10)8-18)21-7-6-20-15-5-3-4-14(17)13(15)9-19/h3-5,20H,6-7H2,1-2H3,(H,21,23). The van der Waals surface area contributed by atoms with Gasteiger partial charge in [0.25, 0.3) is 0 Å².